The highest BCUT2D eigenvalue weighted by Gasteiger charge is 2.13. The van der Waals surface area contributed by atoms with Gasteiger partial charge in [0.2, 0.25) is 0 Å². The van der Waals surface area contributed by atoms with Gasteiger partial charge in [-0.1, -0.05) is 12.1 Å². The number of nitrogens with zero attached hydrogens (tertiary/aromatic N) is 2. The third-order valence-electron chi connectivity index (χ3n) is 5.96. The van der Waals surface area contributed by atoms with E-state index >= 15 is 0 Å². The molecule has 0 atom stereocenters. The number of rotatable bonds is 7. The number of carbonyl (C=O) groups is 2. The minimum Gasteiger partial charge on any atom is -0.322 e. The molecule has 10 heteroatoms. The number of nitrogens with one attached hydrogen (secondary N) is 2. The van der Waals surface area contributed by atoms with Crippen LogP contribution >= 0.6 is 0 Å². The van der Waals surface area contributed by atoms with Gasteiger partial charge in [0.25, 0.3) is 23.2 Å². The molecule has 0 saturated heterocycles. The van der Waals surface area contributed by atoms with Crippen LogP contribution < -0.4 is 10.6 Å². The van der Waals surface area contributed by atoms with Gasteiger partial charge in [-0.15, -0.1) is 0 Å². The second-order valence-corrected chi connectivity index (χ2v) is 8.58. The smallest absolute Gasteiger partial charge is 0.269 e. The third kappa shape index (κ3) is 5.71. The predicted octanol–water partition coefficient (Wildman–Crippen LogP) is 6.29. The van der Waals surface area contributed by atoms with Gasteiger partial charge in [-0.2, -0.15) is 0 Å². The van der Waals surface area contributed by atoms with Gasteiger partial charge in [0.15, 0.2) is 0 Å². The van der Waals surface area contributed by atoms with Gasteiger partial charge >= 0.3 is 0 Å². The van der Waals surface area contributed by atoms with E-state index in [1.54, 1.807) is 12.1 Å². The highest BCUT2D eigenvalue weighted by Crippen LogP contribution is 2.29. The molecule has 0 unspecified atom stereocenters. The summed E-state index contributed by atoms with van der Waals surface area (Å²) in [6, 6.07) is 21.9. The lowest BCUT2D eigenvalue weighted by Gasteiger charge is -2.13. The lowest BCUT2D eigenvalue weighted by molar-refractivity contribution is -0.385. The summed E-state index contributed by atoms with van der Waals surface area (Å²) >= 11 is 0. The Morgan fingerprint density at radius 3 is 1.21 bits per heavy atom. The Morgan fingerprint density at radius 1 is 0.579 bits per heavy atom. The van der Waals surface area contributed by atoms with E-state index in [9.17, 15) is 29.8 Å². The van der Waals surface area contributed by atoms with Crippen molar-refractivity contribution in [1.82, 2.24) is 0 Å². The number of amides is 2. The van der Waals surface area contributed by atoms with E-state index in [1.807, 2.05) is 38.1 Å². The SMILES string of the molecule is Cc1cc(-c2ccc(NC(=O)c3ccc([N+](=O)[O-])cc3)c(C)c2)ccc1NC(=O)c1ccc([N+](=O)[O-])cc1. The molecule has 0 bridgehead atoms. The average Bonchev–Trinajstić information content (AvgIpc) is 2.91. The van der Waals surface area contributed by atoms with Crippen LogP contribution in [0.5, 0.6) is 0 Å². The second kappa shape index (κ2) is 10.7. The fourth-order valence-corrected chi connectivity index (χ4v) is 3.82. The molecule has 0 radical (unpaired) electrons. The molecule has 4 aromatic rings. The Hall–Kier alpha value is -5.38. The minimum absolute atomic E-state index is 0.0886. The van der Waals surface area contributed by atoms with Crippen LogP contribution in [0, 0.1) is 34.1 Å². The van der Waals surface area contributed by atoms with Crippen LogP contribution in [0.2, 0.25) is 0 Å². The molecular formula is C28H22N4O6. The van der Waals surface area contributed by atoms with Gasteiger partial charge in [-0.3, -0.25) is 29.8 Å². The number of non-ortho nitro benzene ring substituents is 2. The van der Waals surface area contributed by atoms with Crippen LogP contribution in [-0.2, 0) is 0 Å². The molecular weight excluding hydrogens is 488 g/mol. The quantitative estimate of drug-likeness (QED) is 0.221. The van der Waals surface area contributed by atoms with Gasteiger partial charge in [0.05, 0.1) is 9.85 Å². The number of carbonyl (C=O) groups excluding carboxylic acids is 2. The van der Waals surface area contributed by atoms with Crippen molar-refractivity contribution in [3.8, 4) is 11.1 Å². The second-order valence-electron chi connectivity index (χ2n) is 8.58. The van der Waals surface area contributed by atoms with Gasteiger partial charge < -0.3 is 10.6 Å². The number of hydrogen-bond donors (Lipinski definition) is 2. The van der Waals surface area contributed by atoms with Gasteiger partial charge in [-0.25, -0.2) is 0 Å². The molecule has 0 aliphatic carbocycles. The van der Waals surface area contributed by atoms with Crippen LogP contribution in [-0.4, -0.2) is 21.7 Å². The summed E-state index contributed by atoms with van der Waals surface area (Å²) < 4.78 is 0. The Bertz CT molecular complexity index is 1440. The first kappa shape index (κ1) is 25.7. The van der Waals surface area contributed by atoms with Crippen molar-refractivity contribution in [2.24, 2.45) is 0 Å². The van der Waals surface area contributed by atoms with Crippen LogP contribution in [0.3, 0.4) is 0 Å². The summed E-state index contributed by atoms with van der Waals surface area (Å²) in [5.41, 5.74) is 5.13. The number of aryl methyl sites for hydroxylation is 2. The topological polar surface area (TPSA) is 144 Å². The molecule has 190 valence electrons. The number of hydrogen-bond acceptors (Lipinski definition) is 6. The Kier molecular flexibility index (Phi) is 7.24. The van der Waals surface area contributed by atoms with E-state index in [1.165, 1.54) is 48.5 Å². The molecule has 0 aromatic heterocycles. The maximum Gasteiger partial charge on any atom is 0.269 e. The largest absolute Gasteiger partial charge is 0.322 e. The molecule has 38 heavy (non-hydrogen) atoms. The van der Waals surface area contributed by atoms with E-state index < -0.39 is 9.85 Å². The molecule has 0 fully saturated rings. The molecule has 4 rings (SSSR count). The summed E-state index contributed by atoms with van der Waals surface area (Å²) in [6.45, 7) is 3.72. The zero-order chi connectivity index (χ0) is 27.4. The van der Waals surface area contributed by atoms with Crippen LogP contribution in [0.25, 0.3) is 11.1 Å². The highest BCUT2D eigenvalue weighted by molar-refractivity contribution is 6.05. The standard InChI is InChI=1S/C28H22N4O6/c1-17-15-21(7-13-25(17)29-27(33)19-3-9-23(10-4-19)31(35)36)22-8-14-26(18(2)16-22)30-28(34)20-5-11-24(12-6-20)32(37)38/h3-16H,1-2H3,(H,29,33)(H,30,34). The van der Waals surface area contributed by atoms with E-state index in [-0.39, 0.29) is 23.2 Å². The van der Waals surface area contributed by atoms with Crippen molar-refractivity contribution in [3.63, 3.8) is 0 Å². The maximum atomic E-state index is 12.6. The third-order valence-corrected chi connectivity index (χ3v) is 5.96. The average molecular weight is 511 g/mol. The Morgan fingerprint density at radius 2 is 0.921 bits per heavy atom. The van der Waals surface area contributed by atoms with Crippen LogP contribution in [0.1, 0.15) is 31.8 Å². The lowest BCUT2D eigenvalue weighted by atomic mass is 9.99. The first-order valence-electron chi connectivity index (χ1n) is 11.5. The fourth-order valence-electron chi connectivity index (χ4n) is 3.82. The van der Waals surface area contributed by atoms with Crippen LogP contribution in [0.15, 0.2) is 84.9 Å². The Balaban J connectivity index is 1.46. The monoisotopic (exact) mass is 510 g/mol. The summed E-state index contributed by atoms with van der Waals surface area (Å²) in [5.74, 6) is -0.751. The molecule has 0 aliphatic heterocycles. The first-order chi connectivity index (χ1) is 18.1. The van der Waals surface area contributed by atoms with Crippen molar-refractivity contribution in [3.05, 3.63) is 127 Å². The van der Waals surface area contributed by atoms with Crippen LogP contribution in [0.4, 0.5) is 22.7 Å². The number of nitro groups is 2. The Labute approximate surface area is 217 Å². The number of benzene rings is 4. The number of nitro benzene ring substituents is 2. The summed E-state index contributed by atoms with van der Waals surface area (Å²) in [4.78, 5) is 45.7. The zero-order valence-electron chi connectivity index (χ0n) is 20.4. The lowest BCUT2D eigenvalue weighted by Crippen LogP contribution is -2.13. The van der Waals surface area contributed by atoms with E-state index in [4.69, 9.17) is 0 Å². The van der Waals surface area contributed by atoms with Gasteiger partial charge in [-0.05, 0) is 84.6 Å². The zero-order valence-corrected chi connectivity index (χ0v) is 20.4. The molecule has 10 nitrogen and oxygen atoms in total. The van der Waals surface area contributed by atoms with Gasteiger partial charge in [0.1, 0.15) is 0 Å². The predicted molar refractivity (Wildman–Crippen MR) is 143 cm³/mol. The van der Waals surface area contributed by atoms with Crippen molar-refractivity contribution in [1.29, 1.82) is 0 Å². The summed E-state index contributed by atoms with van der Waals surface area (Å²) in [6.07, 6.45) is 0. The van der Waals surface area contributed by atoms with Crippen molar-refractivity contribution in [2.45, 2.75) is 13.8 Å². The minimum atomic E-state index is -0.522. The van der Waals surface area contributed by atoms with Crippen molar-refractivity contribution < 1.29 is 19.4 Å². The summed E-state index contributed by atoms with van der Waals surface area (Å²) in [5, 5.41) is 27.3. The van der Waals surface area contributed by atoms with Crippen molar-refractivity contribution in [2.75, 3.05) is 10.6 Å². The molecule has 2 amide bonds. The van der Waals surface area contributed by atoms with Crippen molar-refractivity contribution >= 4 is 34.6 Å². The normalized spacial score (nSPS) is 10.5. The summed E-state index contributed by atoms with van der Waals surface area (Å²) in [7, 11) is 0. The first-order valence-corrected chi connectivity index (χ1v) is 11.5. The fraction of sp³-hybridized carbons (Fsp3) is 0.0714. The molecule has 0 aliphatic rings. The van der Waals surface area contributed by atoms with E-state index in [2.05, 4.69) is 10.6 Å². The number of anilines is 2. The van der Waals surface area contributed by atoms with Gasteiger partial charge in [0, 0.05) is 46.8 Å². The molecule has 2 N–H and O–H groups in total. The maximum absolute atomic E-state index is 12.6. The van der Waals surface area contributed by atoms with E-state index in [0.717, 1.165) is 22.3 Å². The molecule has 0 saturated carbocycles. The molecule has 0 heterocycles. The molecule has 0 spiro atoms. The van der Waals surface area contributed by atoms with E-state index in [0.29, 0.717) is 22.5 Å². The molecule has 4 aromatic carbocycles. The highest BCUT2D eigenvalue weighted by atomic mass is 16.6.